The summed E-state index contributed by atoms with van der Waals surface area (Å²) in [6, 6.07) is 9.47. The third-order valence-corrected chi connectivity index (χ3v) is 6.96. The molecule has 0 saturated heterocycles. The molecule has 5 nitrogen and oxygen atoms in total. The van der Waals surface area contributed by atoms with Crippen molar-refractivity contribution in [1.82, 2.24) is 4.31 Å². The van der Waals surface area contributed by atoms with E-state index in [0.29, 0.717) is 16.3 Å². The molecule has 0 aliphatic carbocycles. The van der Waals surface area contributed by atoms with Gasteiger partial charge in [-0.15, -0.1) is 11.8 Å². The summed E-state index contributed by atoms with van der Waals surface area (Å²) in [6.45, 7) is 3.62. The van der Waals surface area contributed by atoms with E-state index in [9.17, 15) is 17.6 Å². The maximum absolute atomic E-state index is 13.6. The predicted octanol–water partition coefficient (Wildman–Crippen LogP) is 3.81. The number of hydrogen-bond acceptors (Lipinski definition) is 4. The van der Waals surface area contributed by atoms with Gasteiger partial charge in [-0.05, 0) is 49.2 Å². The Morgan fingerprint density at radius 2 is 1.85 bits per heavy atom. The van der Waals surface area contributed by atoms with Gasteiger partial charge in [-0.3, -0.25) is 4.79 Å². The molecule has 0 radical (unpaired) electrons. The fraction of sp³-hybridized carbons (Fsp3) is 0.316. The van der Waals surface area contributed by atoms with Crippen molar-refractivity contribution in [2.24, 2.45) is 0 Å². The number of carbonyl (C=O) groups is 1. The van der Waals surface area contributed by atoms with Crippen LogP contribution in [0, 0.1) is 19.7 Å². The molecular weight excluding hydrogens is 387 g/mol. The first-order chi connectivity index (χ1) is 12.6. The number of anilines is 1. The Hall–Kier alpha value is -1.90. The Morgan fingerprint density at radius 1 is 1.19 bits per heavy atom. The van der Waals surface area contributed by atoms with Crippen LogP contribution < -0.4 is 5.32 Å². The second-order valence-electron chi connectivity index (χ2n) is 6.28. The van der Waals surface area contributed by atoms with Crippen LogP contribution in [0.4, 0.5) is 10.1 Å². The summed E-state index contributed by atoms with van der Waals surface area (Å²) in [4.78, 5) is 12.9. The van der Waals surface area contributed by atoms with Crippen LogP contribution in [0.2, 0.25) is 0 Å². The van der Waals surface area contributed by atoms with Crippen LogP contribution in [0.15, 0.2) is 46.2 Å². The van der Waals surface area contributed by atoms with Gasteiger partial charge in [0.05, 0.1) is 4.90 Å². The fourth-order valence-corrected chi connectivity index (χ4v) is 4.25. The van der Waals surface area contributed by atoms with Crippen LogP contribution >= 0.6 is 11.8 Å². The zero-order chi connectivity index (χ0) is 20.2. The Kier molecular flexibility index (Phi) is 7.02. The van der Waals surface area contributed by atoms with Gasteiger partial charge in [-0.2, -0.15) is 0 Å². The first-order valence-electron chi connectivity index (χ1n) is 8.34. The van der Waals surface area contributed by atoms with Crippen molar-refractivity contribution in [2.45, 2.75) is 30.1 Å². The van der Waals surface area contributed by atoms with Gasteiger partial charge in [-0.1, -0.05) is 12.1 Å². The molecule has 0 unspecified atom stereocenters. The molecule has 0 saturated carbocycles. The molecule has 2 rings (SSSR count). The van der Waals surface area contributed by atoms with E-state index in [2.05, 4.69) is 5.32 Å². The summed E-state index contributed by atoms with van der Waals surface area (Å²) in [5.41, 5.74) is 2.05. The molecule has 0 bridgehead atoms. The molecule has 0 atom stereocenters. The van der Waals surface area contributed by atoms with Crippen molar-refractivity contribution in [3.63, 3.8) is 0 Å². The van der Waals surface area contributed by atoms with Gasteiger partial charge >= 0.3 is 0 Å². The van der Waals surface area contributed by atoms with Gasteiger partial charge < -0.3 is 5.32 Å². The number of benzene rings is 2. The largest absolute Gasteiger partial charge is 0.326 e. The molecule has 0 aromatic heterocycles. The van der Waals surface area contributed by atoms with Crippen LogP contribution in [-0.2, 0) is 14.8 Å². The number of aryl methyl sites for hydroxylation is 1. The number of rotatable bonds is 7. The molecule has 8 heteroatoms. The zero-order valence-electron chi connectivity index (χ0n) is 15.7. The van der Waals surface area contributed by atoms with E-state index in [1.165, 1.54) is 38.0 Å². The van der Waals surface area contributed by atoms with Gasteiger partial charge in [0, 0.05) is 36.9 Å². The van der Waals surface area contributed by atoms with E-state index in [1.54, 1.807) is 31.2 Å². The lowest BCUT2D eigenvalue weighted by molar-refractivity contribution is -0.115. The van der Waals surface area contributed by atoms with Crippen molar-refractivity contribution in [3.05, 3.63) is 53.3 Å². The summed E-state index contributed by atoms with van der Waals surface area (Å²) >= 11 is 1.27. The third-order valence-electron chi connectivity index (χ3n) is 4.12. The molecule has 1 N–H and O–H groups in total. The molecule has 0 fully saturated rings. The molecule has 0 aliphatic heterocycles. The summed E-state index contributed by atoms with van der Waals surface area (Å²) in [5.74, 6) is -0.141. The number of halogens is 1. The highest BCUT2D eigenvalue weighted by atomic mass is 32.2. The molecule has 1 amide bonds. The Bertz CT molecular complexity index is 944. The van der Waals surface area contributed by atoms with Crippen LogP contribution in [0.1, 0.15) is 17.5 Å². The minimum Gasteiger partial charge on any atom is -0.326 e. The highest BCUT2D eigenvalue weighted by molar-refractivity contribution is 7.99. The smallest absolute Gasteiger partial charge is 0.242 e. The quantitative estimate of drug-likeness (QED) is 0.705. The molecule has 0 spiro atoms. The number of sulfonamides is 1. The van der Waals surface area contributed by atoms with Crippen LogP contribution in [-0.4, -0.2) is 38.5 Å². The van der Waals surface area contributed by atoms with Crippen molar-refractivity contribution in [3.8, 4) is 0 Å². The lowest BCUT2D eigenvalue weighted by Gasteiger charge is -2.16. The second-order valence-corrected chi connectivity index (χ2v) is 9.57. The topological polar surface area (TPSA) is 66.5 Å². The normalized spacial score (nSPS) is 11.6. The monoisotopic (exact) mass is 410 g/mol. The van der Waals surface area contributed by atoms with Gasteiger partial charge in [0.15, 0.2) is 0 Å². The third kappa shape index (κ3) is 5.31. The summed E-state index contributed by atoms with van der Waals surface area (Å²) in [5, 5.41) is 2.77. The van der Waals surface area contributed by atoms with E-state index < -0.39 is 10.0 Å². The Morgan fingerprint density at radius 3 is 2.48 bits per heavy atom. The average Bonchev–Trinajstić information content (AvgIpc) is 2.60. The first kappa shape index (κ1) is 21.4. The summed E-state index contributed by atoms with van der Waals surface area (Å²) in [6.07, 6.45) is 0.183. The Balaban J connectivity index is 2.09. The van der Waals surface area contributed by atoms with Gasteiger partial charge in [0.1, 0.15) is 5.82 Å². The highest BCUT2D eigenvalue weighted by Crippen LogP contribution is 2.26. The number of nitrogens with one attached hydrogen (secondary N) is 1. The van der Waals surface area contributed by atoms with Gasteiger partial charge in [-0.25, -0.2) is 17.1 Å². The zero-order valence-corrected chi connectivity index (χ0v) is 17.4. The van der Waals surface area contributed by atoms with E-state index in [4.69, 9.17) is 0 Å². The molecule has 0 aliphatic rings. The molecule has 2 aromatic carbocycles. The van der Waals surface area contributed by atoms with Crippen LogP contribution in [0.5, 0.6) is 0 Å². The minimum atomic E-state index is -3.60. The summed E-state index contributed by atoms with van der Waals surface area (Å²) < 4.78 is 39.5. The lowest BCUT2D eigenvalue weighted by atomic mass is 10.1. The number of nitrogens with zero attached hydrogens (tertiary/aromatic N) is 1. The standard InChI is InChI=1S/C19H23FN2O3S2/c1-13-11-15(27(24,25)22(3)4)12-17(14(13)2)21-19(23)9-10-26-18-8-6-5-7-16(18)20/h5-8,11-12H,9-10H2,1-4H3,(H,21,23). The molecular formula is C19H23FN2O3S2. The van der Waals surface area contributed by atoms with E-state index in [0.717, 1.165) is 15.4 Å². The maximum Gasteiger partial charge on any atom is 0.242 e. The molecule has 27 heavy (non-hydrogen) atoms. The number of hydrogen-bond donors (Lipinski definition) is 1. The first-order valence-corrected chi connectivity index (χ1v) is 10.8. The van der Waals surface area contributed by atoms with Crippen molar-refractivity contribution < 1.29 is 17.6 Å². The average molecular weight is 411 g/mol. The highest BCUT2D eigenvalue weighted by Gasteiger charge is 2.20. The van der Waals surface area contributed by atoms with Crippen molar-refractivity contribution in [1.29, 1.82) is 0 Å². The maximum atomic E-state index is 13.6. The SMILES string of the molecule is Cc1cc(S(=O)(=O)N(C)C)cc(NC(=O)CCSc2ccccc2F)c1C. The van der Waals surface area contributed by atoms with Crippen molar-refractivity contribution >= 4 is 33.4 Å². The Labute approximate surface area is 164 Å². The van der Waals surface area contributed by atoms with E-state index in [1.807, 2.05) is 6.92 Å². The predicted molar refractivity (Wildman–Crippen MR) is 107 cm³/mol. The lowest BCUT2D eigenvalue weighted by Crippen LogP contribution is -2.23. The number of thioether (sulfide) groups is 1. The molecule has 146 valence electrons. The van der Waals surface area contributed by atoms with E-state index in [-0.39, 0.29) is 23.0 Å². The van der Waals surface area contributed by atoms with Crippen LogP contribution in [0.25, 0.3) is 0 Å². The van der Waals surface area contributed by atoms with Gasteiger partial charge in [0.25, 0.3) is 0 Å². The second kappa shape index (κ2) is 8.86. The molecule has 0 heterocycles. The van der Waals surface area contributed by atoms with Gasteiger partial charge in [0.2, 0.25) is 15.9 Å². The van der Waals surface area contributed by atoms with Crippen LogP contribution in [0.3, 0.4) is 0 Å². The fourth-order valence-electron chi connectivity index (χ4n) is 2.34. The van der Waals surface area contributed by atoms with E-state index >= 15 is 0 Å². The van der Waals surface area contributed by atoms with Crippen molar-refractivity contribution in [2.75, 3.05) is 25.2 Å². The number of carbonyl (C=O) groups excluding carboxylic acids is 1. The summed E-state index contributed by atoms with van der Waals surface area (Å²) in [7, 11) is -0.674. The number of amides is 1. The minimum absolute atomic E-state index is 0.131. The molecule has 2 aromatic rings.